The Morgan fingerprint density at radius 1 is 1.22 bits per heavy atom. The van der Waals surface area contributed by atoms with Crippen LogP contribution in [-0.2, 0) is 4.79 Å². The predicted octanol–water partition coefficient (Wildman–Crippen LogP) is 1.62. The number of aromatic hydroxyl groups is 1. The van der Waals surface area contributed by atoms with E-state index in [1.165, 1.54) is 12.1 Å². The summed E-state index contributed by atoms with van der Waals surface area (Å²) in [5, 5.41) is 21.0. The van der Waals surface area contributed by atoms with Crippen LogP contribution in [0.5, 0.6) is 5.75 Å². The molecular weight excluding hydrogens is 234 g/mol. The van der Waals surface area contributed by atoms with Crippen molar-refractivity contribution >= 4 is 11.9 Å². The number of amides is 1. The van der Waals surface area contributed by atoms with Crippen molar-refractivity contribution in [2.45, 2.75) is 26.8 Å². The second kappa shape index (κ2) is 5.08. The quantitative estimate of drug-likeness (QED) is 0.762. The number of hydrogen-bond donors (Lipinski definition) is 3. The molecular formula is C13H17NO4. The van der Waals surface area contributed by atoms with Gasteiger partial charge in [0.05, 0.1) is 5.56 Å². The summed E-state index contributed by atoms with van der Waals surface area (Å²) in [5.41, 5.74) is -0.556. The van der Waals surface area contributed by atoms with Gasteiger partial charge in [0.2, 0.25) is 0 Å². The molecule has 0 aliphatic heterocycles. The van der Waals surface area contributed by atoms with Gasteiger partial charge in [0.15, 0.2) is 0 Å². The number of carbonyl (C=O) groups is 2. The van der Waals surface area contributed by atoms with Crippen LogP contribution >= 0.6 is 0 Å². The van der Waals surface area contributed by atoms with E-state index in [0.29, 0.717) is 0 Å². The highest BCUT2D eigenvalue weighted by molar-refractivity contribution is 5.98. The topological polar surface area (TPSA) is 86.6 Å². The first-order valence-electron chi connectivity index (χ1n) is 5.55. The summed E-state index contributed by atoms with van der Waals surface area (Å²) in [7, 11) is 0. The summed E-state index contributed by atoms with van der Waals surface area (Å²) in [6, 6.07) is 4.98. The van der Waals surface area contributed by atoms with Crippen molar-refractivity contribution in [1.82, 2.24) is 5.32 Å². The van der Waals surface area contributed by atoms with Crippen molar-refractivity contribution < 1.29 is 19.8 Å². The van der Waals surface area contributed by atoms with Crippen molar-refractivity contribution in [2.75, 3.05) is 0 Å². The van der Waals surface area contributed by atoms with Gasteiger partial charge in [0.25, 0.3) is 5.91 Å². The summed E-state index contributed by atoms with van der Waals surface area (Å²) in [6.07, 6.45) is 0. The fraction of sp³-hybridized carbons (Fsp3) is 0.385. The number of phenols is 1. The minimum absolute atomic E-state index is 0.0630. The maximum Gasteiger partial charge on any atom is 0.326 e. The van der Waals surface area contributed by atoms with E-state index in [9.17, 15) is 14.7 Å². The van der Waals surface area contributed by atoms with Crippen molar-refractivity contribution in [1.29, 1.82) is 0 Å². The largest absolute Gasteiger partial charge is 0.507 e. The Labute approximate surface area is 105 Å². The van der Waals surface area contributed by atoms with Crippen molar-refractivity contribution in [3.05, 3.63) is 29.8 Å². The Bertz CT molecular complexity index is 462. The standard InChI is InChI=1S/C13H17NO4/c1-13(2,3)10(12(17)18)14-11(16)8-6-4-5-7-9(8)15/h4-7,10,15H,1-3H3,(H,14,16)(H,17,18). The number of aliphatic carboxylic acids is 1. The number of hydrogen-bond acceptors (Lipinski definition) is 3. The van der Waals surface area contributed by atoms with E-state index in [2.05, 4.69) is 5.32 Å². The predicted molar refractivity (Wildman–Crippen MR) is 66.5 cm³/mol. The first-order valence-corrected chi connectivity index (χ1v) is 5.55. The smallest absolute Gasteiger partial charge is 0.326 e. The molecule has 0 spiro atoms. The number of benzene rings is 1. The summed E-state index contributed by atoms with van der Waals surface area (Å²) in [4.78, 5) is 23.0. The van der Waals surface area contributed by atoms with Crippen LogP contribution in [-0.4, -0.2) is 28.1 Å². The third-order valence-corrected chi connectivity index (χ3v) is 2.54. The normalized spacial score (nSPS) is 12.8. The summed E-state index contributed by atoms with van der Waals surface area (Å²) in [5.74, 6) is -1.88. The minimum Gasteiger partial charge on any atom is -0.507 e. The molecule has 98 valence electrons. The molecule has 0 aliphatic carbocycles. The van der Waals surface area contributed by atoms with Crippen LogP contribution in [0, 0.1) is 5.41 Å². The van der Waals surface area contributed by atoms with Gasteiger partial charge < -0.3 is 15.5 Å². The highest BCUT2D eigenvalue weighted by atomic mass is 16.4. The van der Waals surface area contributed by atoms with Crippen LogP contribution in [0.1, 0.15) is 31.1 Å². The first kappa shape index (κ1) is 14.0. The SMILES string of the molecule is CC(C)(C)C(NC(=O)c1ccccc1O)C(=O)O. The van der Waals surface area contributed by atoms with Gasteiger partial charge >= 0.3 is 5.97 Å². The van der Waals surface area contributed by atoms with Gasteiger partial charge in [-0.2, -0.15) is 0 Å². The maximum atomic E-state index is 11.9. The zero-order valence-electron chi connectivity index (χ0n) is 10.6. The Hall–Kier alpha value is -2.04. The Balaban J connectivity index is 2.93. The van der Waals surface area contributed by atoms with Crippen molar-refractivity contribution in [3.63, 3.8) is 0 Å². The molecule has 0 saturated heterocycles. The average molecular weight is 251 g/mol. The van der Waals surface area contributed by atoms with Crippen LogP contribution in [0.25, 0.3) is 0 Å². The molecule has 0 fully saturated rings. The minimum atomic E-state index is -1.11. The molecule has 1 atom stereocenters. The number of carboxylic acids is 1. The number of para-hydroxylation sites is 1. The summed E-state index contributed by atoms with van der Waals surface area (Å²) < 4.78 is 0. The van der Waals surface area contributed by atoms with E-state index in [4.69, 9.17) is 5.11 Å². The molecule has 1 rings (SSSR count). The van der Waals surface area contributed by atoms with Crippen LogP contribution in [0.4, 0.5) is 0 Å². The molecule has 1 aromatic carbocycles. The van der Waals surface area contributed by atoms with Crippen LogP contribution in [0.15, 0.2) is 24.3 Å². The lowest BCUT2D eigenvalue weighted by molar-refractivity contribution is -0.142. The molecule has 0 aliphatic rings. The number of phenolic OH excluding ortho intramolecular Hbond substituents is 1. The molecule has 0 bridgehead atoms. The second-order valence-corrected chi connectivity index (χ2v) is 5.13. The van der Waals surface area contributed by atoms with Gasteiger partial charge in [-0.1, -0.05) is 32.9 Å². The van der Waals surface area contributed by atoms with E-state index >= 15 is 0 Å². The summed E-state index contributed by atoms with van der Waals surface area (Å²) >= 11 is 0. The summed E-state index contributed by atoms with van der Waals surface area (Å²) in [6.45, 7) is 5.16. The molecule has 3 N–H and O–H groups in total. The number of nitrogens with one attached hydrogen (secondary N) is 1. The van der Waals surface area contributed by atoms with Gasteiger partial charge in [0, 0.05) is 0 Å². The zero-order chi connectivity index (χ0) is 13.9. The van der Waals surface area contributed by atoms with Gasteiger partial charge in [-0.15, -0.1) is 0 Å². The maximum absolute atomic E-state index is 11.9. The monoisotopic (exact) mass is 251 g/mol. The Morgan fingerprint density at radius 3 is 2.22 bits per heavy atom. The third-order valence-electron chi connectivity index (χ3n) is 2.54. The molecule has 1 amide bonds. The lowest BCUT2D eigenvalue weighted by Gasteiger charge is -2.27. The lowest BCUT2D eigenvalue weighted by atomic mass is 9.86. The Kier molecular flexibility index (Phi) is 3.96. The van der Waals surface area contributed by atoms with Crippen LogP contribution < -0.4 is 5.32 Å². The number of rotatable bonds is 3. The van der Waals surface area contributed by atoms with Crippen LogP contribution in [0.3, 0.4) is 0 Å². The average Bonchev–Trinajstić information content (AvgIpc) is 2.24. The fourth-order valence-electron chi connectivity index (χ4n) is 1.52. The van der Waals surface area contributed by atoms with Gasteiger partial charge in [0.1, 0.15) is 11.8 Å². The van der Waals surface area contributed by atoms with E-state index in [-0.39, 0.29) is 11.3 Å². The first-order chi connectivity index (χ1) is 8.23. The van der Waals surface area contributed by atoms with E-state index < -0.39 is 23.3 Å². The molecule has 0 saturated carbocycles. The van der Waals surface area contributed by atoms with Crippen molar-refractivity contribution in [2.24, 2.45) is 5.41 Å². The van der Waals surface area contributed by atoms with E-state index in [1.807, 2.05) is 0 Å². The van der Waals surface area contributed by atoms with E-state index in [0.717, 1.165) is 0 Å². The molecule has 18 heavy (non-hydrogen) atoms. The van der Waals surface area contributed by atoms with Crippen LogP contribution in [0.2, 0.25) is 0 Å². The lowest BCUT2D eigenvalue weighted by Crippen LogP contribution is -2.49. The molecule has 5 nitrogen and oxygen atoms in total. The number of carbonyl (C=O) groups excluding carboxylic acids is 1. The van der Waals surface area contributed by atoms with Gasteiger partial charge in [-0.25, -0.2) is 4.79 Å². The molecule has 1 aromatic rings. The zero-order valence-corrected chi connectivity index (χ0v) is 10.6. The molecule has 5 heteroatoms. The highest BCUT2D eigenvalue weighted by Gasteiger charge is 2.33. The number of carboxylic acid groups (broad SMARTS) is 1. The highest BCUT2D eigenvalue weighted by Crippen LogP contribution is 2.21. The second-order valence-electron chi connectivity index (χ2n) is 5.13. The van der Waals surface area contributed by atoms with Crippen molar-refractivity contribution in [3.8, 4) is 5.75 Å². The molecule has 0 heterocycles. The van der Waals surface area contributed by atoms with Gasteiger partial charge in [-0.3, -0.25) is 4.79 Å². The van der Waals surface area contributed by atoms with Gasteiger partial charge in [-0.05, 0) is 17.5 Å². The molecule has 0 aromatic heterocycles. The molecule has 0 radical (unpaired) electrons. The molecule has 1 unspecified atom stereocenters. The van der Waals surface area contributed by atoms with E-state index in [1.54, 1.807) is 32.9 Å². The fourth-order valence-corrected chi connectivity index (χ4v) is 1.52. The Morgan fingerprint density at radius 2 is 1.78 bits per heavy atom. The third kappa shape index (κ3) is 3.23.